The first-order valence-electron chi connectivity index (χ1n) is 7.71. The zero-order valence-electron chi connectivity index (χ0n) is 12.4. The Balaban J connectivity index is 1.60. The van der Waals surface area contributed by atoms with Gasteiger partial charge in [0.25, 0.3) is 0 Å². The summed E-state index contributed by atoms with van der Waals surface area (Å²) >= 11 is 0. The largest absolute Gasteiger partial charge is 0.445 e. The third-order valence-electron chi connectivity index (χ3n) is 4.38. The van der Waals surface area contributed by atoms with E-state index in [9.17, 15) is 9.59 Å². The molecule has 3 atom stereocenters. The monoisotopic (exact) mass is 303 g/mol. The van der Waals surface area contributed by atoms with Crippen LogP contribution in [-0.2, 0) is 16.0 Å². The van der Waals surface area contributed by atoms with E-state index >= 15 is 0 Å². The highest BCUT2D eigenvalue weighted by atomic mass is 16.6. The molecule has 1 aromatic rings. The first-order valence-corrected chi connectivity index (χ1v) is 7.71. The number of hydrogen-bond donors (Lipinski definition) is 3. The molecule has 1 aliphatic carbocycles. The molecule has 1 heterocycles. The molecule has 22 heavy (non-hydrogen) atoms. The molecule has 0 bridgehead atoms. The van der Waals surface area contributed by atoms with E-state index in [4.69, 9.17) is 10.5 Å². The van der Waals surface area contributed by atoms with Crippen LogP contribution in [0.1, 0.15) is 36.4 Å². The van der Waals surface area contributed by atoms with Crippen LogP contribution in [-0.4, -0.2) is 30.7 Å². The number of ether oxygens (including phenoxy) is 1. The summed E-state index contributed by atoms with van der Waals surface area (Å²) < 4.78 is 4.93. The van der Waals surface area contributed by atoms with Crippen LogP contribution in [0.2, 0.25) is 0 Å². The molecule has 0 unspecified atom stereocenters. The molecule has 4 N–H and O–H groups in total. The minimum atomic E-state index is -0.797. The summed E-state index contributed by atoms with van der Waals surface area (Å²) in [6, 6.07) is 7.98. The number of nitrogens with one attached hydrogen (secondary N) is 2. The number of rotatable bonds is 3. The molecule has 6 heteroatoms. The molecule has 1 aromatic carbocycles. The Kier molecular flexibility index (Phi) is 4.29. The lowest BCUT2D eigenvalue weighted by Crippen LogP contribution is -2.42. The van der Waals surface area contributed by atoms with Crippen LogP contribution in [0.3, 0.4) is 0 Å². The van der Waals surface area contributed by atoms with Crippen LogP contribution < -0.4 is 16.4 Å². The Bertz CT molecular complexity index is 576. The average molecular weight is 303 g/mol. The highest BCUT2D eigenvalue weighted by Crippen LogP contribution is 2.29. The van der Waals surface area contributed by atoms with Crippen molar-refractivity contribution in [1.29, 1.82) is 0 Å². The lowest BCUT2D eigenvalue weighted by atomic mass is 9.87. The van der Waals surface area contributed by atoms with E-state index in [1.807, 2.05) is 12.1 Å². The van der Waals surface area contributed by atoms with Crippen molar-refractivity contribution in [3.63, 3.8) is 0 Å². The molecule has 3 rings (SSSR count). The van der Waals surface area contributed by atoms with Crippen molar-refractivity contribution >= 4 is 12.0 Å². The van der Waals surface area contributed by atoms with Gasteiger partial charge in [-0.05, 0) is 30.4 Å². The van der Waals surface area contributed by atoms with E-state index in [0.717, 1.165) is 19.3 Å². The Morgan fingerprint density at radius 2 is 2.14 bits per heavy atom. The molecule has 0 aromatic heterocycles. The molecule has 2 aliphatic rings. The smallest absolute Gasteiger partial charge is 0.404 e. The number of aryl methyl sites for hydroxylation is 1. The Labute approximate surface area is 129 Å². The normalized spacial score (nSPS) is 27.0. The number of hydrogen-bond acceptors (Lipinski definition) is 4. The highest BCUT2D eigenvalue weighted by Gasteiger charge is 2.33. The summed E-state index contributed by atoms with van der Waals surface area (Å²) in [7, 11) is 0. The summed E-state index contributed by atoms with van der Waals surface area (Å²) in [5.74, 6) is -0.0442. The van der Waals surface area contributed by atoms with Gasteiger partial charge in [0, 0.05) is 13.0 Å². The van der Waals surface area contributed by atoms with E-state index < -0.39 is 6.09 Å². The number of carbonyl (C=O) groups is 2. The Hall–Kier alpha value is -2.08. The van der Waals surface area contributed by atoms with Gasteiger partial charge < -0.3 is 21.1 Å². The zero-order chi connectivity index (χ0) is 15.5. The molecule has 1 saturated heterocycles. The summed E-state index contributed by atoms with van der Waals surface area (Å²) in [6.45, 7) is 0.461. The van der Waals surface area contributed by atoms with Gasteiger partial charge in [0.1, 0.15) is 6.10 Å². The Morgan fingerprint density at radius 3 is 2.95 bits per heavy atom. The van der Waals surface area contributed by atoms with E-state index in [0.29, 0.717) is 13.0 Å². The summed E-state index contributed by atoms with van der Waals surface area (Å²) in [5.41, 5.74) is 7.53. The van der Waals surface area contributed by atoms with Crippen molar-refractivity contribution in [2.24, 2.45) is 5.73 Å². The number of carbonyl (C=O) groups excluding carboxylic acids is 2. The second-order valence-electron chi connectivity index (χ2n) is 5.91. The van der Waals surface area contributed by atoms with Crippen LogP contribution in [0.15, 0.2) is 24.3 Å². The van der Waals surface area contributed by atoms with Crippen LogP contribution in [0, 0.1) is 0 Å². The SMILES string of the molecule is NC(=O)O[C@@H]1CN[C@H](C(=O)N[C@@H]2CCCc3ccccc32)C1. The molecule has 118 valence electrons. The second kappa shape index (κ2) is 6.36. The summed E-state index contributed by atoms with van der Waals surface area (Å²) in [6.07, 6.45) is 2.44. The molecular formula is C16H21N3O3. The fourth-order valence-electron chi connectivity index (χ4n) is 3.33. The van der Waals surface area contributed by atoms with E-state index in [-0.39, 0.29) is 24.1 Å². The van der Waals surface area contributed by atoms with Crippen molar-refractivity contribution in [2.75, 3.05) is 6.54 Å². The number of fused-ring (bicyclic) bond motifs is 1. The molecule has 6 nitrogen and oxygen atoms in total. The predicted molar refractivity (Wildman–Crippen MR) is 81.1 cm³/mol. The fourth-order valence-corrected chi connectivity index (χ4v) is 3.33. The lowest BCUT2D eigenvalue weighted by molar-refractivity contribution is -0.123. The molecule has 1 fully saturated rings. The molecule has 0 radical (unpaired) electrons. The van der Waals surface area contributed by atoms with Crippen molar-refractivity contribution in [3.05, 3.63) is 35.4 Å². The lowest BCUT2D eigenvalue weighted by Gasteiger charge is -2.27. The van der Waals surface area contributed by atoms with Crippen LogP contribution in [0.5, 0.6) is 0 Å². The fraction of sp³-hybridized carbons (Fsp3) is 0.500. The van der Waals surface area contributed by atoms with E-state index in [1.165, 1.54) is 11.1 Å². The van der Waals surface area contributed by atoms with Crippen molar-refractivity contribution in [2.45, 2.75) is 43.9 Å². The zero-order valence-corrected chi connectivity index (χ0v) is 12.4. The Morgan fingerprint density at radius 1 is 1.32 bits per heavy atom. The van der Waals surface area contributed by atoms with Gasteiger partial charge in [-0.3, -0.25) is 4.79 Å². The van der Waals surface area contributed by atoms with Gasteiger partial charge in [0.05, 0.1) is 12.1 Å². The van der Waals surface area contributed by atoms with Gasteiger partial charge in [0.15, 0.2) is 0 Å². The van der Waals surface area contributed by atoms with Crippen LogP contribution in [0.25, 0.3) is 0 Å². The van der Waals surface area contributed by atoms with Gasteiger partial charge in [-0.1, -0.05) is 24.3 Å². The highest BCUT2D eigenvalue weighted by molar-refractivity contribution is 5.82. The van der Waals surface area contributed by atoms with Crippen molar-refractivity contribution in [3.8, 4) is 0 Å². The minimum Gasteiger partial charge on any atom is -0.445 e. The topological polar surface area (TPSA) is 93.5 Å². The van der Waals surface area contributed by atoms with Gasteiger partial charge in [-0.25, -0.2) is 4.79 Å². The van der Waals surface area contributed by atoms with Gasteiger partial charge in [-0.2, -0.15) is 0 Å². The molecule has 0 saturated carbocycles. The van der Waals surface area contributed by atoms with E-state index in [1.54, 1.807) is 0 Å². The third kappa shape index (κ3) is 3.22. The van der Waals surface area contributed by atoms with Gasteiger partial charge in [0.2, 0.25) is 5.91 Å². The van der Waals surface area contributed by atoms with Crippen molar-refractivity contribution < 1.29 is 14.3 Å². The second-order valence-corrected chi connectivity index (χ2v) is 5.91. The maximum Gasteiger partial charge on any atom is 0.404 e. The average Bonchev–Trinajstić information content (AvgIpc) is 2.95. The molecule has 2 amide bonds. The van der Waals surface area contributed by atoms with Crippen LogP contribution >= 0.6 is 0 Å². The third-order valence-corrected chi connectivity index (χ3v) is 4.38. The minimum absolute atomic E-state index is 0.0442. The summed E-state index contributed by atoms with van der Waals surface area (Å²) in [4.78, 5) is 23.2. The van der Waals surface area contributed by atoms with E-state index in [2.05, 4.69) is 22.8 Å². The quantitative estimate of drug-likeness (QED) is 0.777. The maximum absolute atomic E-state index is 12.4. The molecular weight excluding hydrogens is 282 g/mol. The first kappa shape index (κ1) is 14.8. The predicted octanol–water partition coefficient (Wildman–Crippen LogP) is 1.01. The van der Waals surface area contributed by atoms with Crippen molar-refractivity contribution in [1.82, 2.24) is 10.6 Å². The van der Waals surface area contributed by atoms with Gasteiger partial charge >= 0.3 is 6.09 Å². The van der Waals surface area contributed by atoms with Gasteiger partial charge in [-0.15, -0.1) is 0 Å². The summed E-state index contributed by atoms with van der Waals surface area (Å²) in [5, 5.41) is 6.20. The number of nitrogens with two attached hydrogens (primary N) is 1. The number of benzene rings is 1. The van der Waals surface area contributed by atoms with Crippen LogP contribution in [0.4, 0.5) is 4.79 Å². The number of amides is 2. The molecule has 1 aliphatic heterocycles. The maximum atomic E-state index is 12.4. The first-order chi connectivity index (χ1) is 10.6. The molecule has 0 spiro atoms. The number of primary amides is 1. The standard InChI is InChI=1S/C16H21N3O3/c17-16(21)22-11-8-14(18-9-11)15(20)19-13-7-3-5-10-4-1-2-6-12(10)13/h1-2,4,6,11,13-14,18H,3,5,7-9H2,(H2,17,21)(H,19,20)/t11-,13+,14-/m0/s1.